The van der Waals surface area contributed by atoms with Crippen molar-refractivity contribution in [2.75, 3.05) is 42.6 Å². The van der Waals surface area contributed by atoms with Crippen LogP contribution in [0, 0.1) is 6.92 Å². The zero-order valence-corrected chi connectivity index (χ0v) is 21.9. The molecule has 0 saturated carbocycles. The van der Waals surface area contributed by atoms with Gasteiger partial charge in [0.25, 0.3) is 0 Å². The molecule has 0 unspecified atom stereocenters. The highest BCUT2D eigenvalue weighted by Crippen LogP contribution is 2.47. The third-order valence-electron chi connectivity index (χ3n) is 7.11. The monoisotopic (exact) mass is 521 g/mol. The molecule has 3 saturated heterocycles. The third-order valence-corrected chi connectivity index (χ3v) is 11.6. The Balaban J connectivity index is 1.34. The maximum Gasteiger partial charge on any atom is 0.172 e. The number of pyridine rings is 1. The third kappa shape index (κ3) is 4.32. The summed E-state index contributed by atoms with van der Waals surface area (Å²) in [6.45, 7) is 7.30. The highest BCUT2D eigenvalue weighted by atomic mass is 35.5. The van der Waals surface area contributed by atoms with Crippen molar-refractivity contribution in [1.82, 2.24) is 15.0 Å². The van der Waals surface area contributed by atoms with Crippen LogP contribution in [0.2, 0.25) is 10.1 Å². The minimum absolute atomic E-state index is 0.126. The van der Waals surface area contributed by atoms with E-state index in [4.69, 9.17) is 31.7 Å². The predicted octanol–water partition coefficient (Wildman–Crippen LogP) is 1.91. The van der Waals surface area contributed by atoms with Crippen LogP contribution in [0.15, 0.2) is 22.2 Å². The van der Waals surface area contributed by atoms with Crippen LogP contribution < -0.4 is 15.2 Å². The summed E-state index contributed by atoms with van der Waals surface area (Å²) in [6, 6.07) is 1.85. The molecule has 12 heteroatoms. The number of ether oxygens (including phenoxy) is 1. The average molecular weight is 522 g/mol. The molecule has 2 aromatic heterocycles. The molecule has 3 fully saturated rings. The SMILES string of the molecule is Cc1nc(N2CCC3(CC2)CO[C@@H](C)[Si]3N)c(CO)nc1Sc1ccnc(N2CC(O)C2)c1Cl. The van der Waals surface area contributed by atoms with E-state index in [0.29, 0.717) is 34.6 Å². The number of aliphatic hydroxyl groups excluding tert-OH is 2. The van der Waals surface area contributed by atoms with Crippen molar-refractivity contribution >= 4 is 44.0 Å². The summed E-state index contributed by atoms with van der Waals surface area (Å²) >= 11 is 8.06. The number of halogens is 1. The van der Waals surface area contributed by atoms with Crippen molar-refractivity contribution < 1.29 is 14.9 Å². The Labute approximate surface area is 210 Å². The van der Waals surface area contributed by atoms with Gasteiger partial charge in [0.15, 0.2) is 14.8 Å². The van der Waals surface area contributed by atoms with Gasteiger partial charge in [0.2, 0.25) is 0 Å². The van der Waals surface area contributed by atoms with Crippen molar-refractivity contribution in [2.24, 2.45) is 5.40 Å². The number of hydrogen-bond donors (Lipinski definition) is 3. The van der Waals surface area contributed by atoms with Crippen LogP contribution in [-0.4, -0.2) is 78.7 Å². The smallest absolute Gasteiger partial charge is 0.172 e. The second kappa shape index (κ2) is 9.53. The van der Waals surface area contributed by atoms with E-state index >= 15 is 0 Å². The lowest BCUT2D eigenvalue weighted by molar-refractivity contribution is 0.117. The Morgan fingerprint density at radius 2 is 2.00 bits per heavy atom. The topological polar surface area (TPSA) is 121 Å². The molecule has 1 radical (unpaired) electrons. The van der Waals surface area contributed by atoms with Crippen molar-refractivity contribution in [1.29, 1.82) is 0 Å². The van der Waals surface area contributed by atoms with Crippen molar-refractivity contribution in [2.45, 2.75) is 60.1 Å². The Morgan fingerprint density at radius 3 is 2.62 bits per heavy atom. The van der Waals surface area contributed by atoms with E-state index in [1.54, 1.807) is 6.20 Å². The molecule has 3 aliphatic heterocycles. The lowest BCUT2D eigenvalue weighted by atomic mass is 9.96. The number of piperidine rings is 1. The molecule has 1 spiro atoms. The summed E-state index contributed by atoms with van der Waals surface area (Å²) in [6.07, 6.45) is 3.33. The molecule has 5 heterocycles. The van der Waals surface area contributed by atoms with Crippen LogP contribution in [0.4, 0.5) is 11.6 Å². The molecule has 0 aliphatic carbocycles. The molecule has 1 atom stereocenters. The van der Waals surface area contributed by atoms with E-state index < -0.39 is 8.96 Å². The van der Waals surface area contributed by atoms with Crippen LogP contribution in [0.25, 0.3) is 0 Å². The molecule has 9 nitrogen and oxygen atoms in total. The second-order valence-electron chi connectivity index (χ2n) is 9.33. The fourth-order valence-electron chi connectivity index (χ4n) is 4.90. The maximum atomic E-state index is 10.1. The standard InChI is InChI=1S/C22H30ClN6O3SSi/c1-13-21(33-17-3-6-25-20(18(17)23)29-9-15(31)10-29)27-16(11-30)19(26-13)28-7-4-22(5-8-28)12-32-14(2)34(22)24/h3,6,14-15,30-31H,4-5,7-12,24H2,1-2H3/t14-/m1/s1. The van der Waals surface area contributed by atoms with Gasteiger partial charge in [-0.2, -0.15) is 0 Å². The number of β-amino-alcohol motifs (C(OH)–C–C–N with tert-alkyl or cyclic N) is 1. The number of hydrogen-bond acceptors (Lipinski definition) is 10. The summed E-state index contributed by atoms with van der Waals surface area (Å²) in [7, 11) is -1.05. The summed E-state index contributed by atoms with van der Waals surface area (Å²) in [4.78, 5) is 19.0. The highest BCUT2D eigenvalue weighted by molar-refractivity contribution is 7.99. The lowest BCUT2D eigenvalue weighted by Gasteiger charge is -2.41. The van der Waals surface area contributed by atoms with E-state index in [1.165, 1.54) is 11.8 Å². The second-order valence-corrected chi connectivity index (χ2v) is 13.5. The van der Waals surface area contributed by atoms with Gasteiger partial charge in [-0.25, -0.2) is 15.0 Å². The van der Waals surface area contributed by atoms with Gasteiger partial charge in [0.05, 0.1) is 35.8 Å². The number of nitrogens with zero attached hydrogens (tertiary/aromatic N) is 5. The first-order valence-electron chi connectivity index (χ1n) is 11.5. The molecule has 3 aliphatic rings. The van der Waals surface area contributed by atoms with E-state index in [1.807, 2.05) is 17.9 Å². The van der Waals surface area contributed by atoms with Gasteiger partial charge in [-0.3, -0.25) is 0 Å². The summed E-state index contributed by atoms with van der Waals surface area (Å²) in [5.74, 6) is 1.41. The zero-order valence-electron chi connectivity index (χ0n) is 19.4. The average Bonchev–Trinajstić information content (AvgIpc) is 3.08. The first kappa shape index (κ1) is 24.2. The maximum absolute atomic E-state index is 10.1. The number of aliphatic hydroxyl groups is 2. The molecular weight excluding hydrogens is 492 g/mol. The van der Waals surface area contributed by atoms with Crippen LogP contribution in [-0.2, 0) is 11.3 Å². The largest absolute Gasteiger partial charge is 0.390 e. The number of aryl methyl sites for hydroxylation is 1. The van der Waals surface area contributed by atoms with Gasteiger partial charge in [0.1, 0.15) is 16.5 Å². The van der Waals surface area contributed by atoms with E-state index in [-0.39, 0.29) is 23.5 Å². The van der Waals surface area contributed by atoms with Gasteiger partial charge in [0, 0.05) is 42.3 Å². The highest BCUT2D eigenvalue weighted by Gasteiger charge is 2.49. The van der Waals surface area contributed by atoms with E-state index in [9.17, 15) is 10.2 Å². The van der Waals surface area contributed by atoms with Gasteiger partial charge in [-0.15, -0.1) is 0 Å². The van der Waals surface area contributed by atoms with Gasteiger partial charge >= 0.3 is 0 Å². The predicted molar refractivity (Wildman–Crippen MR) is 134 cm³/mol. The molecular formula is C22H30ClN6O3SSi. The summed E-state index contributed by atoms with van der Waals surface area (Å²) in [5, 5.41) is 27.6. The van der Waals surface area contributed by atoms with E-state index in [0.717, 1.165) is 48.9 Å². The number of anilines is 2. The Kier molecular flexibility index (Phi) is 6.79. The van der Waals surface area contributed by atoms with Gasteiger partial charge < -0.3 is 30.1 Å². The Bertz CT molecular complexity index is 1070. The van der Waals surface area contributed by atoms with Crippen LogP contribution in [0.1, 0.15) is 31.2 Å². The summed E-state index contributed by atoms with van der Waals surface area (Å²) in [5.41, 5.74) is 1.54. The molecule has 0 aromatic carbocycles. The molecule has 4 N–H and O–H groups in total. The first-order valence-corrected chi connectivity index (χ1v) is 14.4. The normalized spacial score (nSPS) is 23.1. The van der Waals surface area contributed by atoms with Gasteiger partial charge in [-0.1, -0.05) is 23.4 Å². The van der Waals surface area contributed by atoms with Crippen LogP contribution in [0.3, 0.4) is 0 Å². The Hall–Kier alpha value is -1.47. The van der Waals surface area contributed by atoms with E-state index in [2.05, 4.69) is 16.8 Å². The zero-order chi connectivity index (χ0) is 24.0. The quantitative estimate of drug-likeness (QED) is 0.503. The fourth-order valence-corrected chi connectivity index (χ4v) is 8.29. The van der Waals surface area contributed by atoms with Crippen molar-refractivity contribution in [3.63, 3.8) is 0 Å². The lowest BCUT2D eigenvalue weighted by Crippen LogP contribution is -2.51. The van der Waals surface area contributed by atoms with Crippen LogP contribution in [0.5, 0.6) is 0 Å². The summed E-state index contributed by atoms with van der Waals surface area (Å²) < 4.78 is 5.88. The fraction of sp³-hybridized carbons (Fsp3) is 0.591. The number of aromatic nitrogens is 3. The number of nitrogens with two attached hydrogens (primary N) is 1. The Morgan fingerprint density at radius 1 is 1.26 bits per heavy atom. The molecule has 0 bridgehead atoms. The molecule has 0 amide bonds. The minimum atomic E-state index is -1.05. The number of rotatable bonds is 5. The van der Waals surface area contributed by atoms with Crippen LogP contribution >= 0.6 is 23.4 Å². The molecule has 34 heavy (non-hydrogen) atoms. The molecule has 183 valence electrons. The van der Waals surface area contributed by atoms with Gasteiger partial charge in [-0.05, 0) is 32.8 Å². The van der Waals surface area contributed by atoms with Crippen molar-refractivity contribution in [3.05, 3.63) is 28.7 Å². The molecule has 5 rings (SSSR count). The minimum Gasteiger partial charge on any atom is -0.390 e. The van der Waals surface area contributed by atoms with Crippen molar-refractivity contribution in [3.8, 4) is 0 Å². The molecule has 2 aromatic rings. The first-order chi connectivity index (χ1) is 16.3.